The molecule has 104 valence electrons. The number of aromatic nitrogens is 1. The van der Waals surface area contributed by atoms with Gasteiger partial charge in [-0.15, -0.1) is 0 Å². The summed E-state index contributed by atoms with van der Waals surface area (Å²) in [4.78, 5) is 24.2. The maximum absolute atomic E-state index is 12.8. The molecule has 0 saturated heterocycles. The molecule has 0 aromatic carbocycles. The molecule has 0 unspecified atom stereocenters. The molecule has 0 aliphatic heterocycles. The summed E-state index contributed by atoms with van der Waals surface area (Å²) in [5.41, 5.74) is -0.999. The minimum absolute atomic E-state index is 0.0835. The summed E-state index contributed by atoms with van der Waals surface area (Å²) in [5, 5.41) is 10.7. The average molecular weight is 276 g/mol. The van der Waals surface area contributed by atoms with Crippen LogP contribution in [0.25, 0.3) is 0 Å². The van der Waals surface area contributed by atoms with Gasteiger partial charge < -0.3 is 19.6 Å². The SMILES string of the molecule is COC(=O)Cc1cc(OC)c(C(F)F)c([N+](=O)[O-])n1. The van der Waals surface area contributed by atoms with Gasteiger partial charge in [0.25, 0.3) is 6.43 Å². The second-order valence-corrected chi connectivity index (χ2v) is 3.36. The lowest BCUT2D eigenvalue weighted by Gasteiger charge is -2.08. The van der Waals surface area contributed by atoms with Gasteiger partial charge >= 0.3 is 11.8 Å². The van der Waals surface area contributed by atoms with Crippen LogP contribution >= 0.6 is 0 Å². The van der Waals surface area contributed by atoms with E-state index in [1.165, 1.54) is 0 Å². The average Bonchev–Trinajstić information content (AvgIpc) is 2.36. The number of methoxy groups -OCH3 is 2. The van der Waals surface area contributed by atoms with Crippen LogP contribution in [0, 0.1) is 10.1 Å². The van der Waals surface area contributed by atoms with Crippen molar-refractivity contribution >= 4 is 11.8 Å². The quantitative estimate of drug-likeness (QED) is 0.461. The molecule has 1 heterocycles. The number of rotatable bonds is 5. The van der Waals surface area contributed by atoms with Crippen molar-refractivity contribution in [3.8, 4) is 5.75 Å². The van der Waals surface area contributed by atoms with Crippen LogP contribution in [0.3, 0.4) is 0 Å². The molecular weight excluding hydrogens is 266 g/mol. The highest BCUT2D eigenvalue weighted by Gasteiger charge is 2.30. The maximum atomic E-state index is 12.8. The van der Waals surface area contributed by atoms with E-state index in [0.29, 0.717) is 0 Å². The fraction of sp³-hybridized carbons (Fsp3) is 0.400. The Morgan fingerprint density at radius 3 is 2.58 bits per heavy atom. The molecule has 9 heteroatoms. The smallest absolute Gasteiger partial charge is 0.376 e. The molecule has 0 N–H and O–H groups in total. The van der Waals surface area contributed by atoms with E-state index in [9.17, 15) is 23.7 Å². The first-order valence-corrected chi connectivity index (χ1v) is 4.97. The van der Waals surface area contributed by atoms with Gasteiger partial charge in [-0.1, -0.05) is 0 Å². The molecule has 1 aromatic heterocycles. The Morgan fingerprint density at radius 2 is 2.16 bits per heavy atom. The lowest BCUT2D eigenvalue weighted by Crippen LogP contribution is -2.10. The number of carbonyl (C=O) groups excluding carboxylic acids is 1. The molecule has 0 saturated carbocycles. The van der Waals surface area contributed by atoms with E-state index >= 15 is 0 Å². The Balaban J connectivity index is 3.36. The second kappa shape index (κ2) is 6.03. The highest BCUT2D eigenvalue weighted by molar-refractivity contribution is 5.72. The van der Waals surface area contributed by atoms with E-state index in [1.807, 2.05) is 0 Å². The molecule has 0 aliphatic carbocycles. The van der Waals surface area contributed by atoms with E-state index in [1.54, 1.807) is 0 Å². The molecule has 0 aliphatic rings. The first-order valence-electron chi connectivity index (χ1n) is 4.97. The van der Waals surface area contributed by atoms with Gasteiger partial charge in [0.1, 0.15) is 12.2 Å². The summed E-state index contributed by atoms with van der Waals surface area (Å²) in [6.45, 7) is 0. The van der Waals surface area contributed by atoms with Crippen molar-refractivity contribution in [3.05, 3.63) is 27.4 Å². The normalized spacial score (nSPS) is 10.4. The number of pyridine rings is 1. The zero-order chi connectivity index (χ0) is 14.6. The molecule has 19 heavy (non-hydrogen) atoms. The number of alkyl halides is 2. The van der Waals surface area contributed by atoms with Gasteiger partial charge in [0.05, 0.1) is 14.2 Å². The largest absolute Gasteiger partial charge is 0.496 e. The molecule has 1 rings (SSSR count). The number of halogens is 2. The zero-order valence-electron chi connectivity index (χ0n) is 10.1. The fourth-order valence-electron chi connectivity index (χ4n) is 1.39. The number of carbonyl (C=O) groups is 1. The molecule has 0 fully saturated rings. The van der Waals surface area contributed by atoms with Crippen molar-refractivity contribution in [3.63, 3.8) is 0 Å². The van der Waals surface area contributed by atoms with Gasteiger partial charge in [-0.05, 0) is 9.91 Å². The fourth-order valence-corrected chi connectivity index (χ4v) is 1.39. The summed E-state index contributed by atoms with van der Waals surface area (Å²) >= 11 is 0. The number of ether oxygens (including phenoxy) is 2. The van der Waals surface area contributed by atoms with Crippen LogP contribution in [0.1, 0.15) is 17.7 Å². The van der Waals surface area contributed by atoms with Crippen LogP contribution in [0.2, 0.25) is 0 Å². The van der Waals surface area contributed by atoms with Gasteiger partial charge in [0.2, 0.25) is 0 Å². The third-order valence-corrected chi connectivity index (χ3v) is 2.22. The Bertz CT molecular complexity index is 507. The molecular formula is C10H10F2N2O5. The van der Waals surface area contributed by atoms with Crippen molar-refractivity contribution in [2.45, 2.75) is 12.8 Å². The van der Waals surface area contributed by atoms with Gasteiger partial charge in [0.15, 0.2) is 11.3 Å². The third-order valence-electron chi connectivity index (χ3n) is 2.22. The van der Waals surface area contributed by atoms with Crippen LogP contribution in [-0.2, 0) is 16.0 Å². The van der Waals surface area contributed by atoms with Gasteiger partial charge in [-0.2, -0.15) is 0 Å². The summed E-state index contributed by atoms with van der Waals surface area (Å²) in [6.07, 6.45) is -3.49. The summed E-state index contributed by atoms with van der Waals surface area (Å²) in [6, 6.07) is 1.05. The van der Waals surface area contributed by atoms with Gasteiger partial charge in [-0.25, -0.2) is 8.78 Å². The minimum atomic E-state index is -3.12. The molecule has 7 nitrogen and oxygen atoms in total. The van der Waals surface area contributed by atoms with E-state index in [4.69, 9.17) is 0 Å². The van der Waals surface area contributed by atoms with Crippen molar-refractivity contribution in [2.75, 3.05) is 14.2 Å². The lowest BCUT2D eigenvalue weighted by molar-refractivity contribution is -0.391. The van der Waals surface area contributed by atoms with Crippen molar-refractivity contribution < 1.29 is 28.0 Å². The first kappa shape index (κ1) is 14.7. The summed E-state index contributed by atoms with van der Waals surface area (Å²) in [7, 11) is 2.22. The number of nitro groups is 1. The van der Waals surface area contributed by atoms with Crippen molar-refractivity contribution in [1.29, 1.82) is 0 Å². The van der Waals surface area contributed by atoms with Crippen LogP contribution in [0.15, 0.2) is 6.07 Å². The monoisotopic (exact) mass is 276 g/mol. The molecule has 0 amide bonds. The van der Waals surface area contributed by atoms with E-state index in [-0.39, 0.29) is 12.1 Å². The summed E-state index contributed by atoms with van der Waals surface area (Å²) in [5.74, 6) is -2.13. The zero-order valence-corrected chi connectivity index (χ0v) is 10.1. The number of hydrogen-bond acceptors (Lipinski definition) is 6. The van der Waals surface area contributed by atoms with E-state index in [2.05, 4.69) is 14.5 Å². The van der Waals surface area contributed by atoms with Crippen molar-refractivity contribution in [1.82, 2.24) is 4.98 Å². The predicted octanol–water partition coefficient (Wildman–Crippen LogP) is 1.65. The Morgan fingerprint density at radius 1 is 1.53 bits per heavy atom. The van der Waals surface area contributed by atoms with Crippen LogP contribution in [-0.4, -0.2) is 30.1 Å². The summed E-state index contributed by atoms with van der Waals surface area (Å²) < 4.78 is 34.6. The lowest BCUT2D eigenvalue weighted by atomic mass is 10.2. The number of nitrogens with zero attached hydrogens (tertiary/aromatic N) is 2. The Kier molecular flexibility index (Phi) is 4.67. The van der Waals surface area contributed by atoms with Crippen molar-refractivity contribution in [2.24, 2.45) is 0 Å². The molecule has 0 atom stereocenters. The predicted molar refractivity (Wildman–Crippen MR) is 58.1 cm³/mol. The van der Waals surface area contributed by atoms with E-state index < -0.39 is 34.4 Å². The Hall–Kier alpha value is -2.32. The maximum Gasteiger partial charge on any atom is 0.376 e. The topological polar surface area (TPSA) is 91.6 Å². The molecule has 0 spiro atoms. The highest BCUT2D eigenvalue weighted by atomic mass is 19.3. The standard InChI is InChI=1S/C10H10F2N2O5/c1-18-6-3-5(4-7(15)19-2)13-10(14(16)17)8(6)9(11)12/h3,9H,4H2,1-2H3. The molecule has 0 radical (unpaired) electrons. The molecule has 0 bridgehead atoms. The number of esters is 1. The Labute approximate surface area is 106 Å². The van der Waals surface area contributed by atoms with Gasteiger partial charge in [-0.3, -0.25) is 4.79 Å². The van der Waals surface area contributed by atoms with E-state index in [0.717, 1.165) is 20.3 Å². The second-order valence-electron chi connectivity index (χ2n) is 3.36. The third kappa shape index (κ3) is 3.33. The van der Waals surface area contributed by atoms with Gasteiger partial charge in [0, 0.05) is 6.07 Å². The highest BCUT2D eigenvalue weighted by Crippen LogP contribution is 2.36. The van der Waals surface area contributed by atoms with Crippen LogP contribution in [0.4, 0.5) is 14.6 Å². The van der Waals surface area contributed by atoms with Crippen LogP contribution in [0.5, 0.6) is 5.75 Å². The number of hydrogen-bond donors (Lipinski definition) is 0. The van der Waals surface area contributed by atoms with Crippen LogP contribution < -0.4 is 4.74 Å². The first-order chi connectivity index (χ1) is 8.90. The minimum Gasteiger partial charge on any atom is -0.496 e. The molecule has 1 aromatic rings.